The fourth-order valence-corrected chi connectivity index (χ4v) is 4.96. The van der Waals surface area contributed by atoms with Crippen LogP contribution in [0.5, 0.6) is 0 Å². The van der Waals surface area contributed by atoms with Crippen LogP contribution in [0.3, 0.4) is 0 Å². The summed E-state index contributed by atoms with van der Waals surface area (Å²) >= 11 is 9.63. The van der Waals surface area contributed by atoms with E-state index in [9.17, 15) is 10.1 Å². The van der Waals surface area contributed by atoms with Crippen molar-refractivity contribution in [3.63, 3.8) is 0 Å². The molecule has 9 heteroatoms. The lowest BCUT2D eigenvalue weighted by Gasteiger charge is -2.36. The predicted molar refractivity (Wildman–Crippen MR) is 111 cm³/mol. The average molecular weight is 421 g/mol. The molecule has 1 aliphatic heterocycles. The van der Waals surface area contributed by atoms with E-state index in [2.05, 4.69) is 32.0 Å². The third-order valence-corrected chi connectivity index (χ3v) is 6.49. The molecule has 0 unspecified atom stereocenters. The fraction of sp³-hybridized carbons (Fsp3) is 0.278. The van der Waals surface area contributed by atoms with Gasteiger partial charge in [-0.05, 0) is 17.5 Å². The van der Waals surface area contributed by atoms with Gasteiger partial charge >= 0.3 is 0 Å². The number of hydrogen-bond acceptors (Lipinski definition) is 7. The molecule has 3 aromatic rings. The Labute approximate surface area is 169 Å². The van der Waals surface area contributed by atoms with Crippen LogP contribution in [0.4, 0.5) is 11.4 Å². The number of rotatable bonds is 5. The van der Waals surface area contributed by atoms with Crippen LogP contribution in [0.2, 0.25) is 5.02 Å². The van der Waals surface area contributed by atoms with Crippen molar-refractivity contribution in [2.24, 2.45) is 0 Å². The van der Waals surface area contributed by atoms with E-state index in [4.69, 9.17) is 16.6 Å². The number of piperazine rings is 1. The molecule has 0 amide bonds. The largest absolute Gasteiger partial charge is 0.368 e. The van der Waals surface area contributed by atoms with E-state index >= 15 is 0 Å². The Balaban J connectivity index is 1.36. The van der Waals surface area contributed by atoms with Crippen molar-refractivity contribution in [1.82, 2.24) is 9.88 Å². The Hall–Kier alpha value is -2.00. The van der Waals surface area contributed by atoms with Gasteiger partial charge in [0, 0.05) is 61.2 Å². The standard InChI is InChI=1S/C18H17ClN4O2S2/c19-16-9-15(23(24)25)1-2-17(16)22-6-4-21(5-7-22)10-14-12-27-18(20-14)13-3-8-26-11-13/h1-3,8-9,11-12H,4-7,10H2. The number of non-ortho nitro benzene ring substituents is 1. The molecule has 1 saturated heterocycles. The van der Waals surface area contributed by atoms with Gasteiger partial charge in [0.15, 0.2) is 0 Å². The van der Waals surface area contributed by atoms with E-state index in [1.54, 1.807) is 28.7 Å². The van der Waals surface area contributed by atoms with Gasteiger partial charge in [0.25, 0.3) is 5.69 Å². The normalized spacial score (nSPS) is 15.2. The number of nitro benzene ring substituents is 1. The van der Waals surface area contributed by atoms with Crippen molar-refractivity contribution in [3.05, 3.63) is 61.2 Å². The number of anilines is 1. The van der Waals surface area contributed by atoms with E-state index < -0.39 is 4.92 Å². The minimum absolute atomic E-state index is 0.0207. The lowest BCUT2D eigenvalue weighted by Crippen LogP contribution is -2.46. The number of thiophene rings is 1. The van der Waals surface area contributed by atoms with Gasteiger partial charge in [-0.3, -0.25) is 15.0 Å². The van der Waals surface area contributed by atoms with E-state index in [1.807, 2.05) is 0 Å². The fourth-order valence-electron chi connectivity index (χ4n) is 3.14. The minimum Gasteiger partial charge on any atom is -0.368 e. The first kappa shape index (κ1) is 18.4. The first-order valence-electron chi connectivity index (χ1n) is 8.48. The highest BCUT2D eigenvalue weighted by Gasteiger charge is 2.21. The Kier molecular flexibility index (Phi) is 5.40. The minimum atomic E-state index is -0.425. The summed E-state index contributed by atoms with van der Waals surface area (Å²) in [7, 11) is 0. The molecule has 0 spiro atoms. The van der Waals surface area contributed by atoms with Crippen LogP contribution in [-0.4, -0.2) is 41.0 Å². The van der Waals surface area contributed by atoms with E-state index in [0.29, 0.717) is 5.02 Å². The Morgan fingerprint density at radius 1 is 1.19 bits per heavy atom. The summed E-state index contributed by atoms with van der Waals surface area (Å²) in [6, 6.07) is 6.77. The highest BCUT2D eigenvalue weighted by Crippen LogP contribution is 2.31. The number of nitrogens with zero attached hydrogens (tertiary/aromatic N) is 4. The molecule has 0 bridgehead atoms. The van der Waals surface area contributed by atoms with Crippen molar-refractivity contribution in [3.8, 4) is 10.6 Å². The van der Waals surface area contributed by atoms with Crippen molar-refractivity contribution in [2.45, 2.75) is 6.54 Å². The molecular formula is C18H17ClN4O2S2. The summed E-state index contributed by atoms with van der Waals surface area (Å²) in [4.78, 5) is 19.7. The first-order chi connectivity index (χ1) is 13.1. The van der Waals surface area contributed by atoms with Crippen LogP contribution in [0.1, 0.15) is 5.69 Å². The lowest BCUT2D eigenvalue weighted by molar-refractivity contribution is -0.384. The van der Waals surface area contributed by atoms with Crippen molar-refractivity contribution in [2.75, 3.05) is 31.1 Å². The summed E-state index contributed by atoms with van der Waals surface area (Å²) in [5.74, 6) is 0. The third kappa shape index (κ3) is 4.14. The highest BCUT2D eigenvalue weighted by molar-refractivity contribution is 7.14. The molecule has 4 rings (SSSR count). The predicted octanol–water partition coefficient (Wildman–Crippen LogP) is 4.76. The van der Waals surface area contributed by atoms with E-state index in [-0.39, 0.29) is 5.69 Å². The topological polar surface area (TPSA) is 62.5 Å². The number of aromatic nitrogens is 1. The van der Waals surface area contributed by atoms with Gasteiger partial charge in [0.2, 0.25) is 0 Å². The van der Waals surface area contributed by atoms with Gasteiger partial charge in [-0.25, -0.2) is 4.98 Å². The van der Waals surface area contributed by atoms with Gasteiger partial charge in [-0.15, -0.1) is 11.3 Å². The summed E-state index contributed by atoms with van der Waals surface area (Å²) in [5, 5.41) is 18.7. The zero-order valence-corrected chi connectivity index (χ0v) is 16.8. The van der Waals surface area contributed by atoms with Crippen molar-refractivity contribution < 1.29 is 4.92 Å². The first-order valence-corrected chi connectivity index (χ1v) is 10.7. The molecule has 6 nitrogen and oxygen atoms in total. The molecule has 1 aromatic carbocycles. The molecular weight excluding hydrogens is 404 g/mol. The van der Waals surface area contributed by atoms with Gasteiger partial charge < -0.3 is 4.90 Å². The molecule has 140 valence electrons. The van der Waals surface area contributed by atoms with Gasteiger partial charge in [-0.1, -0.05) is 11.6 Å². The van der Waals surface area contributed by atoms with Crippen LogP contribution in [-0.2, 0) is 6.54 Å². The van der Waals surface area contributed by atoms with Gasteiger partial charge in [0.1, 0.15) is 5.01 Å². The number of benzene rings is 1. The molecule has 1 fully saturated rings. The zero-order valence-electron chi connectivity index (χ0n) is 14.4. The van der Waals surface area contributed by atoms with Crippen LogP contribution in [0, 0.1) is 10.1 Å². The second-order valence-electron chi connectivity index (χ2n) is 6.31. The second kappa shape index (κ2) is 7.93. The zero-order chi connectivity index (χ0) is 18.8. The number of halogens is 1. The summed E-state index contributed by atoms with van der Waals surface area (Å²) < 4.78 is 0. The van der Waals surface area contributed by atoms with Crippen molar-refractivity contribution in [1.29, 1.82) is 0 Å². The second-order valence-corrected chi connectivity index (χ2v) is 8.36. The van der Waals surface area contributed by atoms with Crippen LogP contribution in [0.25, 0.3) is 10.6 Å². The van der Waals surface area contributed by atoms with E-state index in [1.165, 1.54) is 17.7 Å². The smallest absolute Gasteiger partial charge is 0.271 e. The van der Waals surface area contributed by atoms with Gasteiger partial charge in [-0.2, -0.15) is 11.3 Å². The molecule has 2 aromatic heterocycles. The van der Waals surface area contributed by atoms with Gasteiger partial charge in [0.05, 0.1) is 21.3 Å². The molecule has 0 aliphatic carbocycles. The molecule has 3 heterocycles. The number of nitro groups is 1. The van der Waals surface area contributed by atoms with Crippen LogP contribution < -0.4 is 4.90 Å². The summed E-state index contributed by atoms with van der Waals surface area (Å²) in [6.07, 6.45) is 0. The molecule has 0 saturated carbocycles. The van der Waals surface area contributed by atoms with Crippen LogP contribution in [0.15, 0.2) is 40.4 Å². The average Bonchev–Trinajstić information content (AvgIpc) is 3.34. The maximum absolute atomic E-state index is 10.9. The maximum atomic E-state index is 10.9. The Morgan fingerprint density at radius 3 is 2.67 bits per heavy atom. The monoisotopic (exact) mass is 420 g/mol. The van der Waals surface area contributed by atoms with Crippen molar-refractivity contribution >= 4 is 45.6 Å². The SMILES string of the molecule is O=[N+]([O-])c1ccc(N2CCN(Cc3csc(-c4ccsc4)n3)CC2)c(Cl)c1. The molecule has 0 N–H and O–H groups in total. The highest BCUT2D eigenvalue weighted by atomic mass is 35.5. The lowest BCUT2D eigenvalue weighted by atomic mass is 10.2. The maximum Gasteiger partial charge on any atom is 0.271 e. The molecule has 1 aliphatic rings. The Bertz CT molecular complexity index is 937. The Morgan fingerprint density at radius 2 is 2.00 bits per heavy atom. The molecule has 0 atom stereocenters. The third-order valence-electron chi connectivity index (χ3n) is 4.56. The number of thiazole rings is 1. The van der Waals surface area contributed by atoms with Crippen LogP contribution >= 0.6 is 34.3 Å². The van der Waals surface area contributed by atoms with E-state index in [0.717, 1.165) is 49.1 Å². The summed E-state index contributed by atoms with van der Waals surface area (Å²) in [6.45, 7) is 4.30. The summed E-state index contributed by atoms with van der Waals surface area (Å²) in [5.41, 5.74) is 3.17. The number of hydrogen-bond donors (Lipinski definition) is 0. The quantitative estimate of drug-likeness (QED) is 0.440. The molecule has 0 radical (unpaired) electrons. The molecule has 27 heavy (non-hydrogen) atoms.